The monoisotopic (exact) mass is 472 g/mol. The van der Waals surface area contributed by atoms with E-state index in [9.17, 15) is 19.8 Å². The Morgan fingerprint density at radius 1 is 1.24 bits per heavy atom. The maximum Gasteiger partial charge on any atom is 0.306 e. The molecule has 1 fully saturated rings. The molecule has 0 spiro atoms. The second kappa shape index (κ2) is 10.2. The average Bonchev–Trinajstić information content (AvgIpc) is 3.33. The molecule has 0 aromatic heterocycles. The van der Waals surface area contributed by atoms with Gasteiger partial charge >= 0.3 is 11.9 Å². The highest BCUT2D eigenvalue weighted by molar-refractivity contribution is 5.71. The van der Waals surface area contributed by atoms with Gasteiger partial charge in [0.25, 0.3) is 0 Å². The van der Waals surface area contributed by atoms with Gasteiger partial charge in [-0.3, -0.25) is 9.59 Å². The van der Waals surface area contributed by atoms with E-state index in [4.69, 9.17) is 14.2 Å². The van der Waals surface area contributed by atoms with E-state index in [-0.39, 0.29) is 23.5 Å². The zero-order valence-corrected chi connectivity index (χ0v) is 20.7. The maximum absolute atomic E-state index is 12.8. The summed E-state index contributed by atoms with van der Waals surface area (Å²) in [6, 6.07) is 4.90. The molecule has 0 unspecified atom stereocenters. The molecule has 0 amide bonds. The minimum atomic E-state index is -0.977. The zero-order valence-electron chi connectivity index (χ0n) is 20.7. The summed E-state index contributed by atoms with van der Waals surface area (Å²) in [5, 5.41) is 20.8. The van der Waals surface area contributed by atoms with E-state index in [1.165, 1.54) is 20.1 Å². The van der Waals surface area contributed by atoms with Crippen molar-refractivity contribution < 1.29 is 34.0 Å². The summed E-state index contributed by atoms with van der Waals surface area (Å²) in [6.07, 6.45) is 1.28. The summed E-state index contributed by atoms with van der Waals surface area (Å²) in [5.74, 6) is -0.282. The van der Waals surface area contributed by atoms with Crippen molar-refractivity contribution in [1.82, 2.24) is 0 Å². The van der Waals surface area contributed by atoms with E-state index >= 15 is 0 Å². The lowest BCUT2D eigenvalue weighted by Crippen LogP contribution is -2.39. The molecule has 0 aliphatic heterocycles. The number of phenols is 1. The minimum absolute atomic E-state index is 0.0183. The van der Waals surface area contributed by atoms with Gasteiger partial charge in [0, 0.05) is 13.3 Å². The summed E-state index contributed by atoms with van der Waals surface area (Å²) in [7, 11) is 1.46. The normalized spacial score (nSPS) is 29.8. The zero-order chi connectivity index (χ0) is 25.2. The van der Waals surface area contributed by atoms with E-state index in [1.807, 2.05) is 13.0 Å². The van der Waals surface area contributed by atoms with Crippen LogP contribution >= 0.6 is 0 Å². The third-order valence-electron chi connectivity index (χ3n) is 7.24. The number of aliphatic hydroxyl groups excluding tert-OH is 1. The lowest BCUT2D eigenvalue weighted by atomic mass is 9.92. The molecule has 0 heterocycles. The first kappa shape index (κ1) is 25.8. The van der Waals surface area contributed by atoms with Crippen LogP contribution in [0.3, 0.4) is 0 Å². The van der Waals surface area contributed by atoms with Gasteiger partial charge in [-0.05, 0) is 72.8 Å². The van der Waals surface area contributed by atoms with Crippen LogP contribution in [-0.2, 0) is 25.5 Å². The Kier molecular flexibility index (Phi) is 7.76. The van der Waals surface area contributed by atoms with Gasteiger partial charge in [-0.1, -0.05) is 32.1 Å². The van der Waals surface area contributed by atoms with Crippen molar-refractivity contribution in [3.63, 3.8) is 0 Å². The van der Waals surface area contributed by atoms with E-state index in [0.717, 1.165) is 24.0 Å². The van der Waals surface area contributed by atoms with Gasteiger partial charge in [0.15, 0.2) is 23.7 Å². The average molecular weight is 473 g/mol. The molecular formula is C27H36O7. The molecule has 0 saturated heterocycles. The molecule has 0 radical (unpaired) electrons. The van der Waals surface area contributed by atoms with Gasteiger partial charge < -0.3 is 24.4 Å². The van der Waals surface area contributed by atoms with Crippen LogP contribution < -0.4 is 4.74 Å². The number of carbonyl (C=O) groups excluding carboxylic acids is 2. The number of hydrogen-bond donors (Lipinski definition) is 2. The second-order valence-corrected chi connectivity index (χ2v) is 10.0. The second-order valence-electron chi connectivity index (χ2n) is 10.0. The van der Waals surface area contributed by atoms with Crippen molar-refractivity contribution in [3.05, 3.63) is 47.6 Å². The Morgan fingerprint density at radius 2 is 1.94 bits per heavy atom. The SMILES string of the molecule is C=C1[C@@H](O)[C@@H]2[C@H](CC/C(C)=C/[C@@H](OC(=O)CCc3ccc(O)c(OC)c3)[C@H]1OC(C)=O)C2(C)C. The van der Waals surface area contributed by atoms with Crippen LogP contribution in [-0.4, -0.2) is 47.6 Å². The van der Waals surface area contributed by atoms with Gasteiger partial charge in [-0.2, -0.15) is 0 Å². The van der Waals surface area contributed by atoms with Crippen molar-refractivity contribution >= 4 is 11.9 Å². The third kappa shape index (κ3) is 5.63. The maximum atomic E-state index is 12.8. The number of benzene rings is 1. The van der Waals surface area contributed by atoms with Gasteiger partial charge in [-0.15, -0.1) is 0 Å². The molecule has 7 heteroatoms. The van der Waals surface area contributed by atoms with Crippen LogP contribution in [0, 0.1) is 17.3 Å². The van der Waals surface area contributed by atoms with Crippen molar-refractivity contribution in [1.29, 1.82) is 0 Å². The Morgan fingerprint density at radius 3 is 2.59 bits per heavy atom. The van der Waals surface area contributed by atoms with E-state index < -0.39 is 30.3 Å². The number of rotatable bonds is 6. The predicted molar refractivity (Wildman–Crippen MR) is 127 cm³/mol. The topological polar surface area (TPSA) is 102 Å². The summed E-state index contributed by atoms with van der Waals surface area (Å²) < 4.78 is 16.4. The number of hydrogen-bond acceptors (Lipinski definition) is 7. The summed E-state index contributed by atoms with van der Waals surface area (Å²) in [6.45, 7) is 11.6. The molecule has 1 saturated carbocycles. The number of esters is 2. The first-order valence-electron chi connectivity index (χ1n) is 11.7. The molecule has 7 nitrogen and oxygen atoms in total. The smallest absolute Gasteiger partial charge is 0.306 e. The third-order valence-corrected chi connectivity index (χ3v) is 7.24. The quantitative estimate of drug-likeness (QED) is 0.475. The van der Waals surface area contributed by atoms with Crippen molar-refractivity contribution in [2.75, 3.05) is 7.11 Å². The first-order chi connectivity index (χ1) is 15.9. The van der Waals surface area contributed by atoms with Crippen molar-refractivity contribution in [3.8, 4) is 11.5 Å². The van der Waals surface area contributed by atoms with Crippen LogP contribution in [0.4, 0.5) is 0 Å². The predicted octanol–water partition coefficient (Wildman–Crippen LogP) is 4.11. The van der Waals surface area contributed by atoms with Gasteiger partial charge in [-0.25, -0.2) is 0 Å². The van der Waals surface area contributed by atoms with E-state index in [2.05, 4.69) is 20.4 Å². The highest BCUT2D eigenvalue weighted by Gasteiger charge is 2.61. The largest absolute Gasteiger partial charge is 0.504 e. The number of phenolic OH excluding ortho intramolecular Hbond substituents is 1. The van der Waals surface area contributed by atoms with E-state index in [1.54, 1.807) is 12.1 Å². The first-order valence-corrected chi connectivity index (χ1v) is 11.7. The highest BCUT2D eigenvalue weighted by Crippen LogP contribution is 2.63. The lowest BCUT2D eigenvalue weighted by molar-refractivity contribution is -0.161. The number of aliphatic hydroxyl groups is 1. The molecule has 1 aromatic carbocycles. The number of aryl methyl sites for hydroxylation is 1. The van der Waals surface area contributed by atoms with Gasteiger partial charge in [0.05, 0.1) is 13.2 Å². The Balaban J connectivity index is 1.78. The van der Waals surface area contributed by atoms with Crippen molar-refractivity contribution in [2.24, 2.45) is 17.3 Å². The summed E-state index contributed by atoms with van der Waals surface area (Å²) in [5.41, 5.74) is 2.15. The summed E-state index contributed by atoms with van der Waals surface area (Å²) in [4.78, 5) is 24.7. The molecule has 0 bridgehead atoms. The van der Waals surface area contributed by atoms with E-state index in [0.29, 0.717) is 23.7 Å². The molecule has 2 aliphatic carbocycles. The fraction of sp³-hybridized carbons (Fsp3) is 0.556. The fourth-order valence-electron chi connectivity index (χ4n) is 5.16. The Hall–Kier alpha value is -2.80. The minimum Gasteiger partial charge on any atom is -0.504 e. The van der Waals surface area contributed by atoms with Crippen molar-refractivity contribution in [2.45, 2.75) is 71.7 Å². The number of fused-ring (bicyclic) bond motifs is 1. The molecule has 2 N–H and O–H groups in total. The number of carbonyl (C=O) groups is 2. The summed E-state index contributed by atoms with van der Waals surface area (Å²) >= 11 is 0. The molecule has 3 rings (SSSR count). The van der Waals surface area contributed by atoms with Crippen LogP contribution in [0.5, 0.6) is 11.5 Å². The number of allylic oxidation sites excluding steroid dienone is 1. The lowest BCUT2D eigenvalue weighted by Gasteiger charge is -2.30. The molecule has 186 valence electrons. The van der Waals surface area contributed by atoms with Gasteiger partial charge in [0.1, 0.15) is 0 Å². The van der Waals surface area contributed by atoms with Crippen LogP contribution in [0.15, 0.2) is 42.0 Å². The van der Waals surface area contributed by atoms with Gasteiger partial charge in [0.2, 0.25) is 0 Å². The Bertz CT molecular complexity index is 977. The highest BCUT2D eigenvalue weighted by atomic mass is 16.6. The number of methoxy groups -OCH3 is 1. The standard InChI is InChI=1S/C27H36O7/c1-15-7-10-19-24(27(19,4)5)25(31)16(2)26(33-17(3)28)22(13-15)34-23(30)12-9-18-8-11-20(29)21(14-18)32-6/h8,11,13-14,19,22,24-26,29,31H,2,7,9-10,12H2,1,3-6H3/b15-13+/t19-,22+,24-,25+,26-/m0/s1. The molecule has 5 atom stereocenters. The fourth-order valence-corrected chi connectivity index (χ4v) is 5.16. The molecule has 2 aliphatic rings. The van der Waals surface area contributed by atoms with Crippen LogP contribution in [0.25, 0.3) is 0 Å². The molecule has 1 aromatic rings. The molecular weight excluding hydrogens is 436 g/mol. The number of aromatic hydroxyl groups is 1. The molecule has 34 heavy (non-hydrogen) atoms. The van der Waals surface area contributed by atoms with Crippen LogP contribution in [0.2, 0.25) is 0 Å². The Labute approximate surface area is 201 Å². The van der Waals surface area contributed by atoms with Crippen LogP contribution in [0.1, 0.15) is 52.5 Å². The number of ether oxygens (including phenoxy) is 3.